The molecule has 1 aliphatic rings. The van der Waals surface area contributed by atoms with Crippen molar-refractivity contribution in [1.82, 2.24) is 0 Å². The molecule has 0 spiro atoms. The molecule has 1 heterocycles. The van der Waals surface area contributed by atoms with Gasteiger partial charge >= 0.3 is 11.9 Å². The summed E-state index contributed by atoms with van der Waals surface area (Å²) in [5.74, 6) is -1.48. The summed E-state index contributed by atoms with van der Waals surface area (Å²) in [7, 11) is 0. The summed E-state index contributed by atoms with van der Waals surface area (Å²) in [5.41, 5.74) is 1.24. The molecule has 1 aliphatic heterocycles. The molecule has 11 heteroatoms. The molecule has 210 valence electrons. The molecule has 0 saturated carbocycles. The Morgan fingerprint density at radius 2 is 1.57 bits per heavy atom. The van der Waals surface area contributed by atoms with Crippen LogP contribution in [0.4, 0.5) is 15.8 Å². The van der Waals surface area contributed by atoms with Crippen LogP contribution in [0, 0.1) is 5.82 Å². The Morgan fingerprint density at radius 1 is 0.925 bits per heavy atom. The van der Waals surface area contributed by atoms with E-state index in [2.05, 4.69) is 5.32 Å². The van der Waals surface area contributed by atoms with Crippen LogP contribution < -0.4 is 24.4 Å². The quantitative estimate of drug-likeness (QED) is 0.263. The van der Waals surface area contributed by atoms with Crippen molar-refractivity contribution in [1.29, 1.82) is 0 Å². The van der Waals surface area contributed by atoms with E-state index in [1.807, 2.05) is 0 Å². The number of ether oxygens (including phenoxy) is 3. The van der Waals surface area contributed by atoms with E-state index in [1.165, 1.54) is 12.1 Å². The fraction of sp³-hybridized carbons (Fsp3) is 0.276. The lowest BCUT2D eigenvalue weighted by Crippen LogP contribution is -2.45. The van der Waals surface area contributed by atoms with Gasteiger partial charge in [0.05, 0.1) is 31.1 Å². The lowest BCUT2D eigenvalue weighted by Gasteiger charge is -2.35. The normalized spacial score (nSPS) is 14.0. The number of carbonyl (C=O) groups is 3. The molecule has 3 N–H and O–H groups in total. The summed E-state index contributed by atoms with van der Waals surface area (Å²) >= 11 is 0. The number of nitrogens with one attached hydrogen (secondary N) is 1. The summed E-state index contributed by atoms with van der Waals surface area (Å²) in [6.07, 6.45) is -0.297. The second kappa shape index (κ2) is 13.3. The topological polar surface area (TPSA) is 135 Å². The molecule has 1 atom stereocenters. The lowest BCUT2D eigenvalue weighted by molar-refractivity contribution is -0.145. The maximum Gasteiger partial charge on any atom is 0.346 e. The Morgan fingerprint density at radius 3 is 2.20 bits per heavy atom. The molecule has 4 rings (SSSR count). The van der Waals surface area contributed by atoms with Crippen molar-refractivity contribution in [3.8, 4) is 17.2 Å². The van der Waals surface area contributed by atoms with Crippen LogP contribution >= 0.6 is 0 Å². The second-order valence-corrected chi connectivity index (χ2v) is 9.02. The minimum absolute atomic E-state index is 0.0513. The molecule has 40 heavy (non-hydrogen) atoms. The van der Waals surface area contributed by atoms with Crippen molar-refractivity contribution in [2.75, 3.05) is 36.5 Å². The number of hydrogen-bond donors (Lipinski definition) is 3. The number of rotatable bonds is 13. The van der Waals surface area contributed by atoms with Crippen LogP contribution in [-0.4, -0.2) is 60.5 Å². The van der Waals surface area contributed by atoms with Gasteiger partial charge in [-0.2, -0.15) is 0 Å². The highest BCUT2D eigenvalue weighted by atomic mass is 19.1. The minimum Gasteiger partial charge on any atom is -0.493 e. The highest BCUT2D eigenvalue weighted by Crippen LogP contribution is 2.40. The van der Waals surface area contributed by atoms with Crippen LogP contribution in [0.1, 0.15) is 29.6 Å². The zero-order chi connectivity index (χ0) is 28.5. The molecular formula is C29H29FN2O8. The number of para-hydroxylation sites is 1. The van der Waals surface area contributed by atoms with Gasteiger partial charge in [-0.05, 0) is 67.1 Å². The molecule has 0 aliphatic carbocycles. The van der Waals surface area contributed by atoms with Crippen molar-refractivity contribution in [3.63, 3.8) is 0 Å². The van der Waals surface area contributed by atoms with Gasteiger partial charge < -0.3 is 34.6 Å². The smallest absolute Gasteiger partial charge is 0.346 e. The van der Waals surface area contributed by atoms with Gasteiger partial charge in [-0.15, -0.1) is 0 Å². The van der Waals surface area contributed by atoms with E-state index in [4.69, 9.17) is 19.3 Å². The first-order valence-corrected chi connectivity index (χ1v) is 12.7. The monoisotopic (exact) mass is 552 g/mol. The Kier molecular flexibility index (Phi) is 9.39. The Labute approximate surface area is 229 Å². The number of fused-ring (bicyclic) bond motifs is 1. The fourth-order valence-corrected chi connectivity index (χ4v) is 4.10. The van der Waals surface area contributed by atoms with Crippen LogP contribution in [0.25, 0.3) is 0 Å². The van der Waals surface area contributed by atoms with Gasteiger partial charge in [0, 0.05) is 24.9 Å². The van der Waals surface area contributed by atoms with Crippen LogP contribution in [0.2, 0.25) is 0 Å². The predicted octanol–water partition coefficient (Wildman–Crippen LogP) is 4.44. The van der Waals surface area contributed by atoms with E-state index in [0.29, 0.717) is 61.0 Å². The van der Waals surface area contributed by atoms with E-state index in [-0.39, 0.29) is 24.5 Å². The van der Waals surface area contributed by atoms with Gasteiger partial charge in [0.2, 0.25) is 6.10 Å². The number of carboxylic acids is 2. The van der Waals surface area contributed by atoms with E-state index >= 15 is 0 Å². The summed E-state index contributed by atoms with van der Waals surface area (Å²) in [6, 6.07) is 17.4. The first-order chi connectivity index (χ1) is 19.3. The fourth-order valence-electron chi connectivity index (χ4n) is 4.10. The number of amides is 1. The number of anilines is 2. The van der Waals surface area contributed by atoms with Gasteiger partial charge in [0.15, 0.2) is 5.75 Å². The van der Waals surface area contributed by atoms with E-state index < -0.39 is 23.9 Å². The van der Waals surface area contributed by atoms with Crippen LogP contribution in [0.5, 0.6) is 17.2 Å². The third kappa shape index (κ3) is 7.62. The zero-order valence-corrected chi connectivity index (χ0v) is 21.5. The largest absolute Gasteiger partial charge is 0.493 e. The molecule has 1 unspecified atom stereocenters. The Hall–Kier alpha value is -4.80. The molecule has 3 aromatic rings. The number of hydrogen-bond acceptors (Lipinski definition) is 7. The number of benzene rings is 3. The predicted molar refractivity (Wildman–Crippen MR) is 144 cm³/mol. The van der Waals surface area contributed by atoms with Crippen molar-refractivity contribution in [3.05, 3.63) is 78.1 Å². The van der Waals surface area contributed by atoms with E-state index in [9.17, 15) is 23.9 Å². The summed E-state index contributed by atoms with van der Waals surface area (Å²) < 4.78 is 29.9. The Balaban J connectivity index is 1.33. The van der Waals surface area contributed by atoms with E-state index in [0.717, 1.165) is 0 Å². The molecule has 0 bridgehead atoms. The number of aliphatic carboxylic acids is 2. The maximum absolute atomic E-state index is 13.0. The van der Waals surface area contributed by atoms with E-state index in [1.54, 1.807) is 59.5 Å². The Bertz CT molecular complexity index is 1330. The van der Waals surface area contributed by atoms with Crippen molar-refractivity contribution in [2.45, 2.75) is 25.4 Å². The molecule has 0 radical (unpaired) electrons. The van der Waals surface area contributed by atoms with Gasteiger partial charge in [-0.1, -0.05) is 6.07 Å². The van der Waals surface area contributed by atoms with Crippen molar-refractivity contribution >= 4 is 29.2 Å². The average molecular weight is 553 g/mol. The summed E-state index contributed by atoms with van der Waals surface area (Å²) in [6.45, 7) is 1.16. The molecule has 0 fully saturated rings. The van der Waals surface area contributed by atoms with Gasteiger partial charge in [-0.3, -0.25) is 9.59 Å². The van der Waals surface area contributed by atoms with Gasteiger partial charge in [0.1, 0.15) is 17.3 Å². The number of nitrogens with zero attached hydrogens (tertiary/aromatic N) is 1. The molecule has 1 amide bonds. The zero-order valence-electron chi connectivity index (χ0n) is 21.5. The lowest BCUT2D eigenvalue weighted by atomic mass is 10.1. The minimum atomic E-state index is -1.17. The average Bonchev–Trinajstić information content (AvgIpc) is 2.94. The first kappa shape index (κ1) is 28.2. The highest BCUT2D eigenvalue weighted by Gasteiger charge is 2.32. The number of halogens is 1. The van der Waals surface area contributed by atoms with Crippen molar-refractivity contribution < 1.29 is 43.2 Å². The molecule has 3 aromatic carbocycles. The van der Waals surface area contributed by atoms with Crippen LogP contribution in [-0.2, 0) is 9.59 Å². The molecular weight excluding hydrogens is 523 g/mol. The molecule has 10 nitrogen and oxygen atoms in total. The third-order valence-electron chi connectivity index (χ3n) is 6.08. The standard InChI is InChI=1S/C29H29FN2O8/c30-20-9-13-22(14-10-20)39-17-3-16-38-21-11-7-19(8-12-21)28(35)31-23-4-1-5-24-27(23)40-25(29(36)37)18-32(24)15-2-6-26(33)34/h1,4-5,7-14,25H,2-3,6,15-18H2,(H,31,35)(H,33,34)(H,36,37). The SMILES string of the molecule is O=C(O)CCCN1CC(C(=O)O)Oc2c(NC(=O)c3ccc(OCCCOc4ccc(F)cc4)cc3)cccc21. The van der Waals surface area contributed by atoms with Crippen LogP contribution in [0.15, 0.2) is 66.7 Å². The van der Waals surface area contributed by atoms with Crippen LogP contribution in [0.3, 0.4) is 0 Å². The molecule has 0 saturated heterocycles. The highest BCUT2D eigenvalue weighted by molar-refractivity contribution is 6.05. The van der Waals surface area contributed by atoms with Gasteiger partial charge in [0.25, 0.3) is 5.91 Å². The summed E-state index contributed by atoms with van der Waals surface area (Å²) in [5, 5.41) is 21.3. The second-order valence-electron chi connectivity index (χ2n) is 9.02. The first-order valence-electron chi connectivity index (χ1n) is 12.7. The maximum atomic E-state index is 13.0. The molecule has 0 aromatic heterocycles. The summed E-state index contributed by atoms with van der Waals surface area (Å²) in [4.78, 5) is 37.3. The van der Waals surface area contributed by atoms with Crippen molar-refractivity contribution in [2.24, 2.45) is 0 Å². The third-order valence-corrected chi connectivity index (χ3v) is 6.08. The van der Waals surface area contributed by atoms with Gasteiger partial charge in [-0.25, -0.2) is 9.18 Å². The number of carboxylic acid groups (broad SMARTS) is 2. The number of carbonyl (C=O) groups excluding carboxylic acids is 1.